The zero-order valence-corrected chi connectivity index (χ0v) is 14.8. The van der Waals surface area contributed by atoms with Crippen LogP contribution in [0.5, 0.6) is 5.75 Å². The molecule has 4 rings (SSSR count). The molecule has 2 aliphatic rings. The number of anilines is 1. The molecule has 2 amide bonds. The van der Waals surface area contributed by atoms with Crippen LogP contribution in [0.25, 0.3) is 6.08 Å². The zero-order valence-electron chi connectivity index (χ0n) is 14.8. The summed E-state index contributed by atoms with van der Waals surface area (Å²) in [5, 5.41) is 2.87. The molecule has 0 aromatic heterocycles. The molecule has 6 nitrogen and oxygen atoms in total. The van der Waals surface area contributed by atoms with E-state index in [1.807, 2.05) is 30.3 Å². The highest BCUT2D eigenvalue weighted by Gasteiger charge is 2.23. The van der Waals surface area contributed by atoms with Gasteiger partial charge in [0.05, 0.1) is 30.0 Å². The van der Waals surface area contributed by atoms with Gasteiger partial charge in [-0.15, -0.1) is 0 Å². The summed E-state index contributed by atoms with van der Waals surface area (Å²) in [5.41, 5.74) is 2.36. The number of para-hydroxylation sites is 2. The largest absolute Gasteiger partial charge is 0.488 e. The number of morpholine rings is 1. The average Bonchev–Trinajstić information content (AvgIpc) is 2.74. The molecule has 2 aromatic rings. The van der Waals surface area contributed by atoms with Crippen LogP contribution in [0.2, 0.25) is 0 Å². The molecule has 0 atom stereocenters. The summed E-state index contributed by atoms with van der Waals surface area (Å²) in [5.74, 6) is 0.386. The van der Waals surface area contributed by atoms with Crippen LogP contribution in [0, 0.1) is 0 Å². The minimum Gasteiger partial charge on any atom is -0.488 e. The number of nitrogens with one attached hydrogen (secondary N) is 1. The standard InChI is InChI=1S/C21H20N2O4/c24-20(16-13-15-5-1-4-8-19(15)27-14-16)22-18-7-3-2-6-17(18)21(25)23-9-11-26-12-10-23/h1-8,13H,9-12,14H2,(H,22,24). The molecule has 0 aliphatic carbocycles. The SMILES string of the molecule is O=C(Nc1ccccc1C(=O)N1CCOCC1)C1=Cc2ccccc2OC1. The quantitative estimate of drug-likeness (QED) is 0.909. The van der Waals surface area contributed by atoms with Crippen LogP contribution in [0.1, 0.15) is 15.9 Å². The van der Waals surface area contributed by atoms with Gasteiger partial charge in [0, 0.05) is 18.7 Å². The summed E-state index contributed by atoms with van der Waals surface area (Å²) in [4.78, 5) is 27.3. The van der Waals surface area contributed by atoms with Crippen LogP contribution in [0.15, 0.2) is 54.1 Å². The number of hydrogen-bond donors (Lipinski definition) is 1. The van der Waals surface area contributed by atoms with E-state index in [1.54, 1.807) is 29.2 Å². The molecule has 0 saturated carbocycles. The van der Waals surface area contributed by atoms with Crippen LogP contribution in [-0.2, 0) is 9.53 Å². The Balaban J connectivity index is 1.54. The molecule has 2 heterocycles. The van der Waals surface area contributed by atoms with Gasteiger partial charge in [0.25, 0.3) is 11.8 Å². The molecule has 0 unspecified atom stereocenters. The van der Waals surface area contributed by atoms with Gasteiger partial charge in [-0.3, -0.25) is 9.59 Å². The fraction of sp³-hybridized carbons (Fsp3) is 0.238. The van der Waals surface area contributed by atoms with E-state index in [2.05, 4.69) is 5.32 Å². The van der Waals surface area contributed by atoms with Gasteiger partial charge in [-0.1, -0.05) is 30.3 Å². The van der Waals surface area contributed by atoms with Gasteiger partial charge < -0.3 is 19.7 Å². The number of hydrogen-bond acceptors (Lipinski definition) is 4. The van der Waals surface area contributed by atoms with E-state index in [1.165, 1.54) is 0 Å². The van der Waals surface area contributed by atoms with E-state index in [-0.39, 0.29) is 18.4 Å². The molecule has 1 saturated heterocycles. The third kappa shape index (κ3) is 3.71. The third-order valence-corrected chi connectivity index (χ3v) is 4.63. The average molecular weight is 364 g/mol. The molecule has 0 bridgehead atoms. The van der Waals surface area contributed by atoms with Gasteiger partial charge in [0.15, 0.2) is 0 Å². The van der Waals surface area contributed by atoms with Crippen molar-refractivity contribution in [3.8, 4) is 5.75 Å². The topological polar surface area (TPSA) is 67.9 Å². The van der Waals surface area contributed by atoms with Crippen molar-refractivity contribution in [3.05, 3.63) is 65.2 Å². The van der Waals surface area contributed by atoms with Crippen molar-refractivity contribution in [2.45, 2.75) is 0 Å². The second kappa shape index (κ2) is 7.63. The molecule has 2 aliphatic heterocycles. The number of carbonyl (C=O) groups excluding carboxylic acids is 2. The molecule has 6 heteroatoms. The van der Waals surface area contributed by atoms with Crippen LogP contribution in [-0.4, -0.2) is 49.6 Å². The molecule has 2 aromatic carbocycles. The highest BCUT2D eigenvalue weighted by Crippen LogP contribution is 2.27. The fourth-order valence-electron chi connectivity index (χ4n) is 3.17. The van der Waals surface area contributed by atoms with Gasteiger partial charge in [0.1, 0.15) is 12.4 Å². The van der Waals surface area contributed by atoms with Crippen molar-refractivity contribution in [3.63, 3.8) is 0 Å². The van der Waals surface area contributed by atoms with Crippen LogP contribution in [0.4, 0.5) is 5.69 Å². The summed E-state index contributed by atoms with van der Waals surface area (Å²) >= 11 is 0. The van der Waals surface area contributed by atoms with E-state index in [0.29, 0.717) is 43.1 Å². The summed E-state index contributed by atoms with van der Waals surface area (Å²) in [6.45, 7) is 2.37. The second-order valence-electron chi connectivity index (χ2n) is 6.40. The van der Waals surface area contributed by atoms with Crippen molar-refractivity contribution in [2.75, 3.05) is 38.2 Å². The predicted molar refractivity (Wildman–Crippen MR) is 102 cm³/mol. The normalized spacial score (nSPS) is 16.0. The number of rotatable bonds is 3. The monoisotopic (exact) mass is 364 g/mol. The first-order valence-electron chi connectivity index (χ1n) is 8.92. The Morgan fingerprint density at radius 3 is 2.56 bits per heavy atom. The smallest absolute Gasteiger partial charge is 0.256 e. The summed E-state index contributed by atoms with van der Waals surface area (Å²) in [6, 6.07) is 14.6. The van der Waals surface area contributed by atoms with Crippen molar-refractivity contribution in [2.24, 2.45) is 0 Å². The lowest BCUT2D eigenvalue weighted by Gasteiger charge is -2.27. The molecule has 0 radical (unpaired) electrons. The van der Waals surface area contributed by atoms with Gasteiger partial charge in [-0.25, -0.2) is 0 Å². The van der Waals surface area contributed by atoms with E-state index in [0.717, 1.165) is 11.3 Å². The number of carbonyl (C=O) groups is 2. The van der Waals surface area contributed by atoms with E-state index in [9.17, 15) is 9.59 Å². The van der Waals surface area contributed by atoms with Crippen molar-refractivity contribution >= 4 is 23.6 Å². The summed E-state index contributed by atoms with van der Waals surface area (Å²) < 4.78 is 11.0. The Kier molecular flexibility index (Phi) is 4.89. The number of nitrogens with zero attached hydrogens (tertiary/aromatic N) is 1. The van der Waals surface area contributed by atoms with Crippen LogP contribution >= 0.6 is 0 Å². The zero-order chi connectivity index (χ0) is 18.6. The second-order valence-corrected chi connectivity index (χ2v) is 6.40. The Hall–Kier alpha value is -3.12. The molecule has 1 fully saturated rings. The van der Waals surface area contributed by atoms with E-state index < -0.39 is 0 Å². The first kappa shape index (κ1) is 17.3. The van der Waals surface area contributed by atoms with Crippen molar-refractivity contribution in [1.82, 2.24) is 4.90 Å². The van der Waals surface area contributed by atoms with Crippen LogP contribution in [0.3, 0.4) is 0 Å². The number of benzene rings is 2. The Morgan fingerprint density at radius 2 is 1.70 bits per heavy atom. The van der Waals surface area contributed by atoms with Gasteiger partial charge in [0.2, 0.25) is 0 Å². The maximum absolute atomic E-state index is 12.8. The van der Waals surface area contributed by atoms with Crippen molar-refractivity contribution in [1.29, 1.82) is 0 Å². The Bertz CT molecular complexity index is 901. The first-order valence-corrected chi connectivity index (χ1v) is 8.92. The first-order chi connectivity index (χ1) is 13.2. The Morgan fingerprint density at radius 1 is 0.963 bits per heavy atom. The lowest BCUT2D eigenvalue weighted by molar-refractivity contribution is -0.113. The molecular formula is C21H20N2O4. The van der Waals surface area contributed by atoms with E-state index in [4.69, 9.17) is 9.47 Å². The number of fused-ring (bicyclic) bond motifs is 1. The minimum absolute atomic E-state index is 0.103. The highest BCUT2D eigenvalue weighted by atomic mass is 16.5. The lowest BCUT2D eigenvalue weighted by atomic mass is 10.1. The van der Waals surface area contributed by atoms with Gasteiger partial charge >= 0.3 is 0 Å². The third-order valence-electron chi connectivity index (χ3n) is 4.63. The molecular weight excluding hydrogens is 344 g/mol. The lowest BCUT2D eigenvalue weighted by Crippen LogP contribution is -2.41. The highest BCUT2D eigenvalue weighted by molar-refractivity contribution is 6.11. The molecule has 1 N–H and O–H groups in total. The Labute approximate surface area is 157 Å². The molecule has 138 valence electrons. The van der Waals surface area contributed by atoms with Gasteiger partial charge in [-0.2, -0.15) is 0 Å². The van der Waals surface area contributed by atoms with Gasteiger partial charge in [-0.05, 0) is 24.3 Å². The number of amides is 2. The molecule has 27 heavy (non-hydrogen) atoms. The fourth-order valence-corrected chi connectivity index (χ4v) is 3.17. The van der Waals surface area contributed by atoms with E-state index >= 15 is 0 Å². The maximum atomic E-state index is 12.8. The maximum Gasteiger partial charge on any atom is 0.256 e. The minimum atomic E-state index is -0.272. The summed E-state index contributed by atoms with van der Waals surface area (Å²) in [6.07, 6.45) is 1.82. The predicted octanol–water partition coefficient (Wildman–Crippen LogP) is 2.57. The number of ether oxygens (including phenoxy) is 2. The summed E-state index contributed by atoms with van der Waals surface area (Å²) in [7, 11) is 0. The molecule has 0 spiro atoms. The van der Waals surface area contributed by atoms with Crippen molar-refractivity contribution < 1.29 is 19.1 Å². The van der Waals surface area contributed by atoms with Crippen LogP contribution < -0.4 is 10.1 Å².